The van der Waals surface area contributed by atoms with E-state index in [0.29, 0.717) is 25.7 Å². The lowest BCUT2D eigenvalue weighted by Crippen LogP contribution is -2.47. The molecule has 0 aliphatic rings. The molecule has 0 aromatic carbocycles. The van der Waals surface area contributed by atoms with Crippen molar-refractivity contribution >= 4 is 5.91 Å². The van der Waals surface area contributed by atoms with E-state index in [1.54, 1.807) is 6.92 Å². The van der Waals surface area contributed by atoms with Crippen LogP contribution in [0.4, 0.5) is 0 Å². The summed E-state index contributed by atoms with van der Waals surface area (Å²) in [5.41, 5.74) is 0. The summed E-state index contributed by atoms with van der Waals surface area (Å²) < 4.78 is 5.32. The first-order valence-electron chi connectivity index (χ1n) is 6.62. The first-order valence-corrected chi connectivity index (χ1v) is 6.62. The average Bonchev–Trinajstić information content (AvgIpc) is 2.24. The molecule has 1 amide bonds. The van der Waals surface area contributed by atoms with E-state index in [2.05, 4.69) is 24.5 Å². The highest BCUT2D eigenvalue weighted by Gasteiger charge is 2.14. The molecule has 0 aliphatic carbocycles. The van der Waals surface area contributed by atoms with Gasteiger partial charge in [-0.2, -0.15) is 0 Å². The highest BCUT2D eigenvalue weighted by molar-refractivity contribution is 5.81. The van der Waals surface area contributed by atoms with Crippen molar-refractivity contribution in [1.82, 2.24) is 10.6 Å². The number of carbonyl (C=O) groups excluding carboxylic acids is 1. The van der Waals surface area contributed by atoms with Crippen LogP contribution in [0, 0.1) is 5.92 Å². The lowest BCUT2D eigenvalue weighted by molar-refractivity contribution is -0.123. The number of aliphatic hydroxyl groups is 1. The van der Waals surface area contributed by atoms with E-state index < -0.39 is 6.10 Å². The van der Waals surface area contributed by atoms with Crippen LogP contribution in [0.2, 0.25) is 0 Å². The van der Waals surface area contributed by atoms with Crippen LogP contribution in [0.5, 0.6) is 0 Å². The second kappa shape index (κ2) is 9.30. The smallest absolute Gasteiger partial charge is 0.237 e. The minimum Gasteiger partial charge on any atom is -0.389 e. The zero-order valence-electron chi connectivity index (χ0n) is 12.2. The fourth-order valence-electron chi connectivity index (χ4n) is 1.31. The van der Waals surface area contributed by atoms with Gasteiger partial charge in [-0.05, 0) is 26.7 Å². The van der Waals surface area contributed by atoms with Gasteiger partial charge in [-0.15, -0.1) is 0 Å². The number of nitrogens with one attached hydrogen (secondary N) is 2. The van der Waals surface area contributed by atoms with Crippen molar-refractivity contribution in [2.75, 3.05) is 19.8 Å². The van der Waals surface area contributed by atoms with E-state index in [0.717, 1.165) is 0 Å². The van der Waals surface area contributed by atoms with Crippen LogP contribution >= 0.6 is 0 Å². The Morgan fingerprint density at radius 3 is 2.28 bits per heavy atom. The SMILES string of the molecule is CC(C)COCC(O)CNC(C)C(=O)NC(C)C. The molecule has 2 unspecified atom stereocenters. The highest BCUT2D eigenvalue weighted by Crippen LogP contribution is 1.94. The molecule has 0 aromatic rings. The van der Waals surface area contributed by atoms with E-state index in [4.69, 9.17) is 4.74 Å². The van der Waals surface area contributed by atoms with Crippen molar-refractivity contribution < 1.29 is 14.6 Å². The van der Waals surface area contributed by atoms with Gasteiger partial charge in [0, 0.05) is 19.2 Å². The summed E-state index contributed by atoms with van der Waals surface area (Å²) in [6.45, 7) is 11.0. The molecule has 18 heavy (non-hydrogen) atoms. The van der Waals surface area contributed by atoms with Crippen LogP contribution in [0.1, 0.15) is 34.6 Å². The molecule has 2 atom stereocenters. The lowest BCUT2D eigenvalue weighted by atomic mass is 10.2. The molecule has 0 fully saturated rings. The second-order valence-electron chi connectivity index (χ2n) is 5.38. The molecule has 0 aromatic heterocycles. The third kappa shape index (κ3) is 9.39. The molecule has 0 aliphatic heterocycles. The summed E-state index contributed by atoms with van der Waals surface area (Å²) in [5, 5.41) is 15.4. The molecule has 0 heterocycles. The van der Waals surface area contributed by atoms with E-state index in [1.807, 2.05) is 13.8 Å². The van der Waals surface area contributed by atoms with Gasteiger partial charge in [-0.3, -0.25) is 4.79 Å². The van der Waals surface area contributed by atoms with Gasteiger partial charge in [0.1, 0.15) is 0 Å². The fraction of sp³-hybridized carbons (Fsp3) is 0.923. The third-order valence-corrected chi connectivity index (χ3v) is 2.25. The van der Waals surface area contributed by atoms with E-state index in [1.165, 1.54) is 0 Å². The molecule has 0 rings (SSSR count). The van der Waals surface area contributed by atoms with Gasteiger partial charge in [0.05, 0.1) is 18.8 Å². The number of rotatable bonds is 9. The average molecular weight is 260 g/mol. The van der Waals surface area contributed by atoms with E-state index in [9.17, 15) is 9.90 Å². The summed E-state index contributed by atoms with van der Waals surface area (Å²) in [6.07, 6.45) is -0.585. The quantitative estimate of drug-likeness (QED) is 0.565. The highest BCUT2D eigenvalue weighted by atomic mass is 16.5. The predicted octanol–water partition coefficient (Wildman–Crippen LogP) is 0.523. The largest absolute Gasteiger partial charge is 0.389 e. The Kier molecular flexibility index (Phi) is 8.97. The van der Waals surface area contributed by atoms with Gasteiger partial charge in [-0.1, -0.05) is 13.8 Å². The van der Waals surface area contributed by atoms with Crippen LogP contribution < -0.4 is 10.6 Å². The van der Waals surface area contributed by atoms with Crippen molar-refractivity contribution in [1.29, 1.82) is 0 Å². The Balaban J connectivity index is 3.70. The van der Waals surface area contributed by atoms with Gasteiger partial charge in [-0.25, -0.2) is 0 Å². The first kappa shape index (κ1) is 17.4. The number of hydrogen-bond donors (Lipinski definition) is 3. The molecular formula is C13H28N2O3. The third-order valence-electron chi connectivity index (χ3n) is 2.25. The zero-order chi connectivity index (χ0) is 14.1. The van der Waals surface area contributed by atoms with Crippen LogP contribution in [-0.2, 0) is 9.53 Å². The molecule has 0 radical (unpaired) electrons. The molecule has 0 saturated carbocycles. The van der Waals surface area contributed by atoms with Crippen molar-refractivity contribution in [2.24, 2.45) is 5.92 Å². The fourth-order valence-corrected chi connectivity index (χ4v) is 1.31. The number of carbonyl (C=O) groups is 1. The number of aliphatic hydroxyl groups excluding tert-OH is 1. The summed E-state index contributed by atoms with van der Waals surface area (Å²) >= 11 is 0. The van der Waals surface area contributed by atoms with Crippen LogP contribution in [0.3, 0.4) is 0 Å². The van der Waals surface area contributed by atoms with Crippen LogP contribution in [0.15, 0.2) is 0 Å². The Bertz CT molecular complexity index is 232. The Labute approximate surface area is 110 Å². The predicted molar refractivity (Wildman–Crippen MR) is 72.4 cm³/mol. The van der Waals surface area contributed by atoms with Crippen LogP contribution in [-0.4, -0.2) is 49.0 Å². The molecule has 0 bridgehead atoms. The molecule has 0 saturated heterocycles. The summed E-state index contributed by atoms with van der Waals surface area (Å²) in [6, 6.07) is -0.187. The Morgan fingerprint density at radius 1 is 1.17 bits per heavy atom. The summed E-state index contributed by atoms with van der Waals surface area (Å²) in [4.78, 5) is 11.6. The number of amides is 1. The number of hydrogen-bond acceptors (Lipinski definition) is 4. The van der Waals surface area contributed by atoms with Gasteiger partial charge in [0.2, 0.25) is 5.91 Å². The molecule has 5 heteroatoms. The summed E-state index contributed by atoms with van der Waals surface area (Å²) in [7, 11) is 0. The standard InChI is InChI=1S/C13H28N2O3/c1-9(2)7-18-8-12(16)6-14-11(5)13(17)15-10(3)4/h9-12,14,16H,6-8H2,1-5H3,(H,15,17). The Morgan fingerprint density at radius 2 is 1.78 bits per heavy atom. The van der Waals surface area contributed by atoms with E-state index >= 15 is 0 Å². The molecule has 3 N–H and O–H groups in total. The molecular weight excluding hydrogens is 232 g/mol. The van der Waals surface area contributed by atoms with Gasteiger partial charge >= 0.3 is 0 Å². The maximum absolute atomic E-state index is 11.6. The van der Waals surface area contributed by atoms with Crippen molar-refractivity contribution in [2.45, 2.75) is 52.8 Å². The van der Waals surface area contributed by atoms with Crippen LogP contribution in [0.25, 0.3) is 0 Å². The lowest BCUT2D eigenvalue weighted by Gasteiger charge is -2.18. The second-order valence-corrected chi connectivity index (χ2v) is 5.38. The normalized spacial score (nSPS) is 14.9. The van der Waals surface area contributed by atoms with Gasteiger partial charge in [0.25, 0.3) is 0 Å². The minimum absolute atomic E-state index is 0.0553. The van der Waals surface area contributed by atoms with Crippen molar-refractivity contribution in [3.63, 3.8) is 0 Å². The molecule has 0 spiro atoms. The summed E-state index contributed by atoms with van der Waals surface area (Å²) in [5.74, 6) is 0.404. The first-order chi connectivity index (χ1) is 8.32. The van der Waals surface area contributed by atoms with Gasteiger partial charge < -0.3 is 20.5 Å². The maximum atomic E-state index is 11.6. The van der Waals surface area contributed by atoms with Crippen molar-refractivity contribution in [3.8, 4) is 0 Å². The van der Waals surface area contributed by atoms with Gasteiger partial charge in [0.15, 0.2) is 0 Å². The van der Waals surface area contributed by atoms with E-state index in [-0.39, 0.29) is 18.0 Å². The topological polar surface area (TPSA) is 70.6 Å². The monoisotopic (exact) mass is 260 g/mol. The van der Waals surface area contributed by atoms with Crippen molar-refractivity contribution in [3.05, 3.63) is 0 Å². The minimum atomic E-state index is -0.585. The molecule has 5 nitrogen and oxygen atoms in total. The Hall–Kier alpha value is -0.650. The number of ether oxygens (including phenoxy) is 1. The molecule has 108 valence electrons. The maximum Gasteiger partial charge on any atom is 0.237 e. The zero-order valence-corrected chi connectivity index (χ0v) is 12.2.